The number of benzene rings is 1. The molecule has 0 aliphatic rings. The van der Waals surface area contributed by atoms with Crippen LogP contribution in [-0.4, -0.2) is 20.4 Å². The third-order valence-corrected chi connectivity index (χ3v) is 3.11. The van der Waals surface area contributed by atoms with Crippen molar-refractivity contribution in [2.75, 3.05) is 5.32 Å². The van der Waals surface area contributed by atoms with Gasteiger partial charge in [-0.3, -0.25) is 9.36 Å². The number of carbonyl (C=O) groups is 1. The van der Waals surface area contributed by atoms with Crippen LogP contribution in [0.25, 0.3) is 5.82 Å². The van der Waals surface area contributed by atoms with Gasteiger partial charge in [0.1, 0.15) is 11.6 Å². The van der Waals surface area contributed by atoms with Gasteiger partial charge in [0.05, 0.1) is 11.9 Å². The van der Waals surface area contributed by atoms with E-state index in [1.807, 2.05) is 48.0 Å². The largest absolute Gasteiger partial charge is 0.321 e. The fraction of sp³-hybridized carbons (Fsp3) is 0.0625. The summed E-state index contributed by atoms with van der Waals surface area (Å²) in [6.45, 7) is 1.91. The summed E-state index contributed by atoms with van der Waals surface area (Å²) in [6.07, 6.45) is 5.21. The summed E-state index contributed by atoms with van der Waals surface area (Å²) in [5.74, 6) is 1.48. The molecule has 5 nitrogen and oxygen atoms in total. The number of pyridine rings is 1. The smallest absolute Gasteiger partial charge is 0.255 e. The summed E-state index contributed by atoms with van der Waals surface area (Å²) in [7, 11) is 0. The van der Waals surface area contributed by atoms with Crippen LogP contribution in [0.1, 0.15) is 16.2 Å². The fourth-order valence-electron chi connectivity index (χ4n) is 2.02. The van der Waals surface area contributed by atoms with Crippen molar-refractivity contribution in [2.45, 2.75) is 6.92 Å². The lowest BCUT2D eigenvalue weighted by atomic mass is 10.2. The molecule has 0 spiro atoms. The summed E-state index contributed by atoms with van der Waals surface area (Å²) in [5.41, 5.74) is 1.28. The van der Waals surface area contributed by atoms with Crippen molar-refractivity contribution in [3.05, 3.63) is 72.4 Å². The molecule has 2 heterocycles. The van der Waals surface area contributed by atoms with E-state index in [1.54, 1.807) is 24.5 Å². The molecule has 3 rings (SSSR count). The molecule has 1 N–H and O–H groups in total. The van der Waals surface area contributed by atoms with Crippen molar-refractivity contribution in [1.82, 2.24) is 14.5 Å². The van der Waals surface area contributed by atoms with E-state index in [4.69, 9.17) is 0 Å². The standard InChI is InChI=1S/C16H14N4O/c1-12-17-9-10-20(12)15-8-7-14(11-18-15)19-16(21)13-5-3-2-4-6-13/h2-11H,1H3,(H,19,21). The minimum Gasteiger partial charge on any atom is -0.321 e. The van der Waals surface area contributed by atoms with Crippen LogP contribution in [-0.2, 0) is 0 Å². The van der Waals surface area contributed by atoms with Crippen LogP contribution in [0, 0.1) is 6.92 Å². The predicted molar refractivity (Wildman–Crippen MR) is 80.5 cm³/mol. The third kappa shape index (κ3) is 2.81. The number of nitrogens with zero attached hydrogens (tertiary/aromatic N) is 3. The van der Waals surface area contributed by atoms with E-state index in [0.717, 1.165) is 11.6 Å². The van der Waals surface area contributed by atoms with Gasteiger partial charge >= 0.3 is 0 Å². The first-order valence-electron chi connectivity index (χ1n) is 6.57. The molecule has 0 unspecified atom stereocenters. The zero-order valence-corrected chi connectivity index (χ0v) is 11.5. The number of nitrogens with one attached hydrogen (secondary N) is 1. The van der Waals surface area contributed by atoms with E-state index in [-0.39, 0.29) is 5.91 Å². The molecule has 0 saturated carbocycles. The Morgan fingerprint density at radius 3 is 2.52 bits per heavy atom. The molecule has 2 aromatic heterocycles. The zero-order valence-electron chi connectivity index (χ0n) is 11.5. The van der Waals surface area contributed by atoms with Crippen LogP contribution in [0.4, 0.5) is 5.69 Å². The molecule has 0 radical (unpaired) electrons. The lowest BCUT2D eigenvalue weighted by Crippen LogP contribution is -2.12. The van der Waals surface area contributed by atoms with E-state index in [1.165, 1.54) is 0 Å². The molecule has 0 saturated heterocycles. The Morgan fingerprint density at radius 2 is 1.90 bits per heavy atom. The first-order valence-corrected chi connectivity index (χ1v) is 6.57. The van der Waals surface area contributed by atoms with Crippen molar-refractivity contribution in [3.63, 3.8) is 0 Å². The van der Waals surface area contributed by atoms with Crippen LogP contribution >= 0.6 is 0 Å². The van der Waals surface area contributed by atoms with Crippen LogP contribution in [0.15, 0.2) is 61.1 Å². The van der Waals surface area contributed by atoms with Gasteiger partial charge in [0.15, 0.2) is 0 Å². The molecule has 0 fully saturated rings. The maximum absolute atomic E-state index is 12.0. The molecule has 21 heavy (non-hydrogen) atoms. The topological polar surface area (TPSA) is 59.8 Å². The molecule has 5 heteroatoms. The van der Waals surface area contributed by atoms with Crippen LogP contribution in [0.3, 0.4) is 0 Å². The highest BCUT2D eigenvalue weighted by Crippen LogP contribution is 2.12. The Hall–Kier alpha value is -2.95. The highest BCUT2D eigenvalue weighted by molar-refractivity contribution is 6.04. The molecule has 0 aliphatic heterocycles. The second-order valence-corrected chi connectivity index (χ2v) is 4.57. The molecule has 1 aromatic carbocycles. The quantitative estimate of drug-likeness (QED) is 0.801. The predicted octanol–water partition coefficient (Wildman–Crippen LogP) is 2.83. The van der Waals surface area contributed by atoms with E-state index in [9.17, 15) is 4.79 Å². The van der Waals surface area contributed by atoms with Crippen molar-refractivity contribution in [1.29, 1.82) is 0 Å². The van der Waals surface area contributed by atoms with Gasteiger partial charge in [-0.15, -0.1) is 0 Å². The molecular weight excluding hydrogens is 264 g/mol. The number of imidazole rings is 1. The monoisotopic (exact) mass is 278 g/mol. The van der Waals surface area contributed by atoms with Crippen molar-refractivity contribution < 1.29 is 4.79 Å². The van der Waals surface area contributed by atoms with Crippen LogP contribution in [0.2, 0.25) is 0 Å². The van der Waals surface area contributed by atoms with Gasteiger partial charge in [-0.1, -0.05) is 18.2 Å². The molecule has 0 atom stereocenters. The summed E-state index contributed by atoms with van der Waals surface area (Å²) in [6, 6.07) is 12.7. The fourth-order valence-corrected chi connectivity index (χ4v) is 2.02. The summed E-state index contributed by atoms with van der Waals surface area (Å²) < 4.78 is 1.88. The number of hydrogen-bond donors (Lipinski definition) is 1. The second kappa shape index (κ2) is 5.58. The maximum Gasteiger partial charge on any atom is 0.255 e. The van der Waals surface area contributed by atoms with Crippen LogP contribution in [0.5, 0.6) is 0 Å². The van der Waals surface area contributed by atoms with E-state index < -0.39 is 0 Å². The molecular formula is C16H14N4O. The first-order chi connectivity index (χ1) is 10.2. The Balaban J connectivity index is 1.76. The summed E-state index contributed by atoms with van der Waals surface area (Å²) in [5, 5.41) is 2.82. The van der Waals surface area contributed by atoms with Crippen molar-refractivity contribution in [2.24, 2.45) is 0 Å². The average molecular weight is 278 g/mol. The van der Waals surface area contributed by atoms with Crippen LogP contribution < -0.4 is 5.32 Å². The Kier molecular flexibility index (Phi) is 3.47. The van der Waals surface area contributed by atoms with Gasteiger partial charge in [-0.05, 0) is 31.2 Å². The van der Waals surface area contributed by atoms with Gasteiger partial charge in [0.25, 0.3) is 5.91 Å². The number of amides is 1. The number of rotatable bonds is 3. The second-order valence-electron chi connectivity index (χ2n) is 4.57. The minimum absolute atomic E-state index is 0.149. The molecule has 1 amide bonds. The average Bonchev–Trinajstić information content (AvgIpc) is 2.95. The zero-order chi connectivity index (χ0) is 14.7. The number of aromatic nitrogens is 3. The Morgan fingerprint density at radius 1 is 1.10 bits per heavy atom. The van der Waals surface area contributed by atoms with Gasteiger partial charge in [0.2, 0.25) is 0 Å². The van der Waals surface area contributed by atoms with Crippen molar-refractivity contribution >= 4 is 11.6 Å². The van der Waals surface area contributed by atoms with E-state index in [0.29, 0.717) is 11.3 Å². The molecule has 0 bridgehead atoms. The highest BCUT2D eigenvalue weighted by atomic mass is 16.1. The Labute approximate surface area is 122 Å². The van der Waals surface area contributed by atoms with Gasteiger partial charge in [0, 0.05) is 18.0 Å². The van der Waals surface area contributed by atoms with E-state index >= 15 is 0 Å². The van der Waals surface area contributed by atoms with Crippen molar-refractivity contribution in [3.8, 4) is 5.82 Å². The maximum atomic E-state index is 12.0. The lowest BCUT2D eigenvalue weighted by molar-refractivity contribution is 0.102. The number of aryl methyl sites for hydroxylation is 1. The number of anilines is 1. The van der Waals surface area contributed by atoms with E-state index in [2.05, 4.69) is 15.3 Å². The highest BCUT2D eigenvalue weighted by Gasteiger charge is 2.06. The first kappa shape index (κ1) is 13.1. The number of carbonyl (C=O) groups excluding carboxylic acids is 1. The lowest BCUT2D eigenvalue weighted by Gasteiger charge is -2.07. The third-order valence-electron chi connectivity index (χ3n) is 3.11. The molecule has 104 valence electrons. The van der Waals surface area contributed by atoms with Gasteiger partial charge < -0.3 is 5.32 Å². The summed E-state index contributed by atoms with van der Waals surface area (Å²) in [4.78, 5) is 20.5. The molecule has 0 aliphatic carbocycles. The summed E-state index contributed by atoms with van der Waals surface area (Å²) >= 11 is 0. The SMILES string of the molecule is Cc1nccn1-c1ccc(NC(=O)c2ccccc2)cn1. The Bertz CT molecular complexity index is 747. The normalized spacial score (nSPS) is 10.3. The number of hydrogen-bond acceptors (Lipinski definition) is 3. The minimum atomic E-state index is -0.149. The van der Waals surface area contributed by atoms with Gasteiger partial charge in [-0.2, -0.15) is 0 Å². The van der Waals surface area contributed by atoms with Gasteiger partial charge in [-0.25, -0.2) is 9.97 Å². The molecule has 3 aromatic rings.